The van der Waals surface area contributed by atoms with E-state index in [0.29, 0.717) is 5.56 Å². The summed E-state index contributed by atoms with van der Waals surface area (Å²) in [6, 6.07) is 1.66. The van der Waals surface area contributed by atoms with Crippen molar-refractivity contribution in [3.05, 3.63) is 23.5 Å². The van der Waals surface area contributed by atoms with Crippen LogP contribution in [0.25, 0.3) is 0 Å². The van der Waals surface area contributed by atoms with Gasteiger partial charge in [-0.1, -0.05) is 0 Å². The molecule has 0 atom stereocenters. The molecule has 0 fully saturated rings. The smallest absolute Gasteiger partial charge is 0.352 e. The van der Waals surface area contributed by atoms with Crippen molar-refractivity contribution in [2.75, 3.05) is 0 Å². The standard InChI is InChI=1S/C6H8N2O2.ClH/c7-3-4-1-2-8-5(4)6(9)10;/h1-2,8H,3,7H2,(H,9,10);1H. The molecule has 4 N–H and O–H groups in total. The van der Waals surface area contributed by atoms with E-state index < -0.39 is 5.97 Å². The van der Waals surface area contributed by atoms with Gasteiger partial charge in [0.15, 0.2) is 0 Å². The first-order valence-corrected chi connectivity index (χ1v) is 2.85. The molecule has 0 radical (unpaired) electrons. The zero-order chi connectivity index (χ0) is 7.56. The van der Waals surface area contributed by atoms with Gasteiger partial charge < -0.3 is 15.8 Å². The highest BCUT2D eigenvalue weighted by molar-refractivity contribution is 5.87. The summed E-state index contributed by atoms with van der Waals surface area (Å²) < 4.78 is 0. The van der Waals surface area contributed by atoms with Crippen LogP contribution in [0.1, 0.15) is 16.1 Å². The fourth-order valence-corrected chi connectivity index (χ4v) is 0.771. The van der Waals surface area contributed by atoms with Gasteiger partial charge in [0.1, 0.15) is 5.69 Å². The van der Waals surface area contributed by atoms with Crippen LogP contribution in [0, 0.1) is 0 Å². The summed E-state index contributed by atoms with van der Waals surface area (Å²) in [6.07, 6.45) is 1.56. The van der Waals surface area contributed by atoms with Gasteiger partial charge in [-0.3, -0.25) is 0 Å². The number of aromatic amines is 1. The number of aromatic nitrogens is 1. The maximum atomic E-state index is 10.4. The third-order valence-corrected chi connectivity index (χ3v) is 1.27. The van der Waals surface area contributed by atoms with E-state index in [2.05, 4.69) is 4.98 Å². The van der Waals surface area contributed by atoms with Gasteiger partial charge in [-0.2, -0.15) is 0 Å². The van der Waals surface area contributed by atoms with Crippen molar-refractivity contribution in [1.29, 1.82) is 0 Å². The van der Waals surface area contributed by atoms with Crippen LogP contribution in [0.5, 0.6) is 0 Å². The van der Waals surface area contributed by atoms with Crippen molar-refractivity contribution in [3.8, 4) is 0 Å². The Hall–Kier alpha value is -1.00. The second kappa shape index (κ2) is 4.00. The second-order valence-corrected chi connectivity index (χ2v) is 1.89. The monoisotopic (exact) mass is 176 g/mol. The van der Waals surface area contributed by atoms with E-state index in [1.165, 1.54) is 0 Å². The molecular weight excluding hydrogens is 168 g/mol. The Kier molecular flexibility index (Phi) is 3.64. The first kappa shape index (κ1) is 10.0. The van der Waals surface area contributed by atoms with Crippen LogP contribution in [-0.4, -0.2) is 16.1 Å². The topological polar surface area (TPSA) is 79.1 Å². The molecule has 1 heterocycles. The fourth-order valence-electron chi connectivity index (χ4n) is 0.771. The lowest BCUT2D eigenvalue weighted by Gasteiger charge is -1.92. The van der Waals surface area contributed by atoms with Gasteiger partial charge in [0, 0.05) is 12.7 Å². The highest BCUT2D eigenvalue weighted by Crippen LogP contribution is 2.04. The quantitative estimate of drug-likeness (QED) is 0.617. The minimum atomic E-state index is -0.967. The lowest BCUT2D eigenvalue weighted by Crippen LogP contribution is -2.04. The number of rotatable bonds is 2. The molecule has 0 spiro atoms. The van der Waals surface area contributed by atoms with Crippen LogP contribution in [0.15, 0.2) is 12.3 Å². The SMILES string of the molecule is Cl.NCc1cc[nH]c1C(=O)O. The van der Waals surface area contributed by atoms with Crippen molar-refractivity contribution in [3.63, 3.8) is 0 Å². The molecule has 0 saturated heterocycles. The van der Waals surface area contributed by atoms with Crippen LogP contribution < -0.4 is 5.73 Å². The van der Waals surface area contributed by atoms with E-state index in [-0.39, 0.29) is 24.6 Å². The first-order chi connectivity index (χ1) is 4.75. The van der Waals surface area contributed by atoms with Crippen molar-refractivity contribution in [2.45, 2.75) is 6.54 Å². The predicted molar refractivity (Wildman–Crippen MR) is 42.9 cm³/mol. The highest BCUT2D eigenvalue weighted by Gasteiger charge is 2.07. The molecule has 62 valence electrons. The molecule has 0 aliphatic heterocycles. The van der Waals surface area contributed by atoms with E-state index in [1.807, 2.05) is 0 Å². The van der Waals surface area contributed by atoms with Gasteiger partial charge in [-0.25, -0.2) is 4.79 Å². The summed E-state index contributed by atoms with van der Waals surface area (Å²) in [5, 5.41) is 8.50. The Morgan fingerprint density at radius 2 is 2.36 bits per heavy atom. The van der Waals surface area contributed by atoms with E-state index in [0.717, 1.165) is 0 Å². The molecule has 0 amide bonds. The van der Waals surface area contributed by atoms with Crippen LogP contribution in [0.3, 0.4) is 0 Å². The van der Waals surface area contributed by atoms with Crippen LogP contribution in [0.4, 0.5) is 0 Å². The van der Waals surface area contributed by atoms with Crippen LogP contribution in [-0.2, 0) is 6.54 Å². The lowest BCUT2D eigenvalue weighted by atomic mass is 10.2. The Labute approximate surface area is 69.8 Å². The average Bonchev–Trinajstić information content (AvgIpc) is 2.33. The molecule has 0 aliphatic rings. The summed E-state index contributed by atoms with van der Waals surface area (Å²) in [5.41, 5.74) is 6.06. The van der Waals surface area contributed by atoms with E-state index in [1.54, 1.807) is 12.3 Å². The number of aromatic carboxylic acids is 1. The third-order valence-electron chi connectivity index (χ3n) is 1.27. The van der Waals surface area contributed by atoms with Crippen molar-refractivity contribution < 1.29 is 9.90 Å². The Balaban J connectivity index is 0.000001000. The Morgan fingerprint density at radius 3 is 2.73 bits per heavy atom. The molecule has 1 aromatic heterocycles. The van der Waals surface area contributed by atoms with E-state index >= 15 is 0 Å². The molecule has 0 unspecified atom stereocenters. The van der Waals surface area contributed by atoms with Gasteiger partial charge in [0.05, 0.1) is 0 Å². The molecule has 0 aromatic carbocycles. The van der Waals surface area contributed by atoms with Gasteiger partial charge in [-0.15, -0.1) is 12.4 Å². The van der Waals surface area contributed by atoms with E-state index in [9.17, 15) is 4.79 Å². The number of nitrogens with two attached hydrogens (primary N) is 1. The molecule has 4 nitrogen and oxygen atoms in total. The van der Waals surface area contributed by atoms with Gasteiger partial charge in [0.2, 0.25) is 0 Å². The fraction of sp³-hybridized carbons (Fsp3) is 0.167. The maximum absolute atomic E-state index is 10.4. The van der Waals surface area contributed by atoms with Gasteiger partial charge in [0.25, 0.3) is 0 Å². The Morgan fingerprint density at radius 1 is 1.73 bits per heavy atom. The van der Waals surface area contributed by atoms with Crippen LogP contribution in [0.2, 0.25) is 0 Å². The number of H-pyrrole nitrogens is 1. The zero-order valence-electron chi connectivity index (χ0n) is 5.70. The molecule has 1 rings (SSSR count). The number of hydrogen-bond acceptors (Lipinski definition) is 2. The summed E-state index contributed by atoms with van der Waals surface area (Å²) in [6.45, 7) is 0.255. The molecule has 0 bridgehead atoms. The summed E-state index contributed by atoms with van der Waals surface area (Å²) in [7, 11) is 0. The summed E-state index contributed by atoms with van der Waals surface area (Å²) >= 11 is 0. The van der Waals surface area contributed by atoms with E-state index in [4.69, 9.17) is 10.8 Å². The second-order valence-electron chi connectivity index (χ2n) is 1.89. The lowest BCUT2D eigenvalue weighted by molar-refractivity contribution is 0.0690. The third kappa shape index (κ3) is 1.96. The number of hydrogen-bond donors (Lipinski definition) is 3. The van der Waals surface area contributed by atoms with Gasteiger partial charge in [-0.05, 0) is 11.6 Å². The highest BCUT2D eigenvalue weighted by atomic mass is 35.5. The number of carboxylic acid groups (broad SMARTS) is 1. The summed E-state index contributed by atoms with van der Waals surface area (Å²) in [5.74, 6) is -0.967. The normalized spacial score (nSPS) is 8.82. The van der Waals surface area contributed by atoms with Gasteiger partial charge >= 0.3 is 5.97 Å². The number of halogens is 1. The largest absolute Gasteiger partial charge is 0.477 e. The minimum absolute atomic E-state index is 0. The minimum Gasteiger partial charge on any atom is -0.477 e. The summed E-state index contributed by atoms with van der Waals surface area (Å²) in [4.78, 5) is 12.9. The molecule has 11 heavy (non-hydrogen) atoms. The maximum Gasteiger partial charge on any atom is 0.352 e. The average molecular weight is 177 g/mol. The van der Waals surface area contributed by atoms with Crippen molar-refractivity contribution in [1.82, 2.24) is 4.98 Å². The van der Waals surface area contributed by atoms with Crippen molar-refractivity contribution >= 4 is 18.4 Å². The molecule has 0 saturated carbocycles. The number of carbonyl (C=O) groups is 1. The van der Waals surface area contributed by atoms with Crippen LogP contribution >= 0.6 is 12.4 Å². The Bertz CT molecular complexity index is 246. The van der Waals surface area contributed by atoms with Crippen molar-refractivity contribution in [2.24, 2.45) is 5.73 Å². The molecular formula is C6H9ClN2O2. The number of nitrogens with one attached hydrogen (secondary N) is 1. The molecule has 1 aromatic rings. The first-order valence-electron chi connectivity index (χ1n) is 2.85. The molecule has 5 heteroatoms. The number of carboxylic acids is 1. The molecule has 0 aliphatic carbocycles. The zero-order valence-corrected chi connectivity index (χ0v) is 6.52. The predicted octanol–water partition coefficient (Wildman–Crippen LogP) is 0.593.